The van der Waals surface area contributed by atoms with Gasteiger partial charge in [0.2, 0.25) is 0 Å². The van der Waals surface area contributed by atoms with Crippen molar-refractivity contribution in [2.24, 2.45) is 0 Å². The van der Waals surface area contributed by atoms with Crippen LogP contribution < -0.4 is 9.50 Å². The van der Waals surface area contributed by atoms with Crippen molar-refractivity contribution in [1.29, 1.82) is 0 Å². The first-order valence-corrected chi connectivity index (χ1v) is 12.0. The average Bonchev–Trinajstić information content (AvgIpc) is 3.20. The van der Waals surface area contributed by atoms with Crippen molar-refractivity contribution in [2.45, 2.75) is 44.2 Å². The van der Waals surface area contributed by atoms with Gasteiger partial charge in [-0.25, -0.2) is 4.79 Å². The zero-order valence-electron chi connectivity index (χ0n) is 17.6. The second-order valence-corrected chi connectivity index (χ2v) is 9.31. The minimum atomic E-state index is -4.11. The van der Waals surface area contributed by atoms with Crippen LogP contribution in [0.5, 0.6) is 5.75 Å². The lowest BCUT2D eigenvalue weighted by Gasteiger charge is -2.25. The highest BCUT2D eigenvalue weighted by atomic mass is 35.5. The number of amides is 2. The van der Waals surface area contributed by atoms with Crippen LogP contribution >= 0.6 is 11.6 Å². The molecule has 0 spiro atoms. The molecule has 7 nitrogen and oxygen atoms in total. The molecule has 1 heterocycles. The second-order valence-electron chi connectivity index (χ2n) is 7.42. The molecule has 0 saturated carbocycles. The van der Waals surface area contributed by atoms with Gasteiger partial charge < -0.3 is 19.1 Å². The summed E-state index contributed by atoms with van der Waals surface area (Å²) in [5.41, 5.74) is 1.25. The largest absolute Gasteiger partial charge is 0.379 e. The van der Waals surface area contributed by atoms with Crippen molar-refractivity contribution < 1.29 is 22.1 Å². The number of hydrogen-bond donors (Lipinski definition) is 1. The Morgan fingerprint density at radius 3 is 2.74 bits per heavy atom. The monoisotopic (exact) mass is 466 g/mol. The third-order valence-electron chi connectivity index (χ3n) is 4.95. The molecule has 0 aliphatic carbocycles. The molecular formula is C22H27ClN2O5S. The number of hydrogen-bond acceptors (Lipinski definition) is 5. The Kier molecular flexibility index (Phi) is 7.80. The molecular weight excluding hydrogens is 440 g/mol. The summed E-state index contributed by atoms with van der Waals surface area (Å²) < 4.78 is 36.6. The van der Waals surface area contributed by atoms with Gasteiger partial charge in [0.1, 0.15) is 10.6 Å². The minimum absolute atomic E-state index is 0.00520. The van der Waals surface area contributed by atoms with Gasteiger partial charge in [-0.05, 0) is 56.0 Å². The third-order valence-corrected chi connectivity index (χ3v) is 6.84. The third kappa shape index (κ3) is 6.12. The van der Waals surface area contributed by atoms with Crippen LogP contribution in [0.1, 0.15) is 30.9 Å². The topological polar surface area (TPSA) is 84.9 Å². The highest BCUT2D eigenvalue weighted by Crippen LogP contribution is 2.28. The molecule has 0 radical (unpaired) electrons. The van der Waals surface area contributed by atoms with Crippen molar-refractivity contribution in [3.05, 3.63) is 58.6 Å². The van der Waals surface area contributed by atoms with E-state index in [0.29, 0.717) is 31.8 Å². The number of urea groups is 1. The van der Waals surface area contributed by atoms with Gasteiger partial charge in [0.05, 0.1) is 11.1 Å². The number of nitrogens with zero attached hydrogens (tertiary/aromatic N) is 1. The Morgan fingerprint density at radius 2 is 2.06 bits per heavy atom. The van der Waals surface area contributed by atoms with E-state index in [2.05, 4.69) is 5.32 Å². The first kappa shape index (κ1) is 23.4. The molecule has 0 aromatic heterocycles. The van der Waals surface area contributed by atoms with Crippen molar-refractivity contribution in [2.75, 3.05) is 19.7 Å². The fourth-order valence-electron chi connectivity index (χ4n) is 3.53. The van der Waals surface area contributed by atoms with Gasteiger partial charge in [-0.15, -0.1) is 0 Å². The predicted molar refractivity (Wildman–Crippen MR) is 119 cm³/mol. The van der Waals surface area contributed by atoms with E-state index in [0.717, 1.165) is 18.4 Å². The van der Waals surface area contributed by atoms with E-state index < -0.39 is 10.1 Å². The van der Waals surface area contributed by atoms with Crippen LogP contribution in [0.3, 0.4) is 0 Å². The highest BCUT2D eigenvalue weighted by Gasteiger charge is 2.24. The summed E-state index contributed by atoms with van der Waals surface area (Å²) in [5, 5.41) is 2.92. The van der Waals surface area contributed by atoms with Crippen molar-refractivity contribution in [3.63, 3.8) is 0 Å². The lowest BCUT2D eigenvalue weighted by Crippen LogP contribution is -2.43. The number of aryl methyl sites for hydroxylation is 1. The number of rotatable bonds is 8. The molecule has 1 saturated heterocycles. The maximum Gasteiger partial charge on any atom is 0.340 e. The lowest BCUT2D eigenvalue weighted by molar-refractivity contribution is 0.0796. The van der Waals surface area contributed by atoms with Gasteiger partial charge in [-0.1, -0.05) is 35.9 Å². The molecule has 3 rings (SSSR count). The van der Waals surface area contributed by atoms with E-state index in [1.54, 1.807) is 42.2 Å². The first-order chi connectivity index (χ1) is 14.8. The number of carbonyl (C=O) groups is 1. The molecule has 0 bridgehead atoms. The second kappa shape index (κ2) is 10.3. The summed E-state index contributed by atoms with van der Waals surface area (Å²) in [5.74, 6) is 0.157. The molecule has 0 unspecified atom stereocenters. The normalized spacial score (nSPS) is 16.2. The summed E-state index contributed by atoms with van der Waals surface area (Å²) >= 11 is 6.10. The van der Waals surface area contributed by atoms with Gasteiger partial charge in [-0.2, -0.15) is 8.42 Å². The Morgan fingerprint density at radius 1 is 1.29 bits per heavy atom. The fraction of sp³-hybridized carbons (Fsp3) is 0.409. The predicted octanol–water partition coefficient (Wildman–Crippen LogP) is 4.13. The van der Waals surface area contributed by atoms with Gasteiger partial charge in [0.15, 0.2) is 0 Å². The standard InChI is InChI=1S/C22H27ClN2O5S/c1-3-24-22(26)25(15-19-10-6-12-29-19)14-17-8-5-9-18(13-17)30-31(27,28)21-16(2)7-4-11-20(21)23/h4-5,7-9,11,13,19H,3,6,10,12,14-15H2,1-2H3,(H,24,26)/t19-/m0/s1. The van der Waals surface area contributed by atoms with Crippen molar-refractivity contribution in [1.82, 2.24) is 10.2 Å². The van der Waals surface area contributed by atoms with Gasteiger partial charge in [0.25, 0.3) is 0 Å². The number of nitrogens with one attached hydrogen (secondary N) is 1. The number of halogens is 1. The Hall–Kier alpha value is -2.29. The minimum Gasteiger partial charge on any atom is -0.379 e. The van der Waals surface area contributed by atoms with Crippen molar-refractivity contribution in [3.8, 4) is 5.75 Å². The molecule has 1 fully saturated rings. The fourth-order valence-corrected chi connectivity index (χ4v) is 5.25. The van der Waals surface area contributed by atoms with Gasteiger partial charge in [0, 0.05) is 26.2 Å². The van der Waals surface area contributed by atoms with Crippen LogP contribution in [0.25, 0.3) is 0 Å². The summed E-state index contributed by atoms with van der Waals surface area (Å²) in [7, 11) is -4.11. The highest BCUT2D eigenvalue weighted by molar-refractivity contribution is 7.87. The zero-order chi connectivity index (χ0) is 22.4. The molecule has 1 aliphatic heterocycles. The number of carbonyl (C=O) groups excluding carboxylic acids is 1. The average molecular weight is 467 g/mol. The van der Waals surface area contributed by atoms with Crippen LogP contribution in [-0.2, 0) is 21.4 Å². The van der Waals surface area contributed by atoms with Gasteiger partial charge in [-0.3, -0.25) is 0 Å². The van der Waals surface area contributed by atoms with Crippen molar-refractivity contribution >= 4 is 27.8 Å². The van der Waals surface area contributed by atoms with Gasteiger partial charge >= 0.3 is 16.1 Å². The Labute approximate surface area is 188 Å². The maximum atomic E-state index is 12.8. The van der Waals surface area contributed by atoms with Crippen LogP contribution in [0.15, 0.2) is 47.4 Å². The number of benzene rings is 2. The van der Waals surface area contributed by atoms with E-state index in [1.165, 1.54) is 6.07 Å². The SMILES string of the molecule is CCNC(=O)N(Cc1cccc(OS(=O)(=O)c2c(C)cccc2Cl)c1)C[C@@H]1CCCO1. The molecule has 2 aromatic carbocycles. The summed E-state index contributed by atoms with van der Waals surface area (Å²) in [6, 6.07) is 11.4. The van der Waals surface area contributed by atoms with Crippen LogP contribution in [0, 0.1) is 6.92 Å². The van der Waals surface area contributed by atoms with E-state index in [4.69, 9.17) is 20.5 Å². The van der Waals surface area contributed by atoms with Crippen LogP contribution in [0.2, 0.25) is 5.02 Å². The smallest absolute Gasteiger partial charge is 0.340 e. The Balaban J connectivity index is 1.78. The molecule has 2 amide bonds. The quantitative estimate of drug-likeness (QED) is 0.591. The van der Waals surface area contributed by atoms with E-state index in [-0.39, 0.29) is 27.8 Å². The molecule has 31 heavy (non-hydrogen) atoms. The number of ether oxygens (including phenoxy) is 1. The molecule has 9 heteroatoms. The molecule has 1 aliphatic rings. The molecule has 168 valence electrons. The lowest BCUT2D eigenvalue weighted by atomic mass is 10.2. The zero-order valence-corrected chi connectivity index (χ0v) is 19.2. The summed E-state index contributed by atoms with van der Waals surface area (Å²) in [4.78, 5) is 14.1. The molecule has 2 aromatic rings. The van der Waals surface area contributed by atoms with E-state index in [9.17, 15) is 13.2 Å². The summed E-state index contributed by atoms with van der Waals surface area (Å²) in [6.07, 6.45) is 1.90. The van der Waals surface area contributed by atoms with E-state index in [1.807, 2.05) is 13.0 Å². The first-order valence-electron chi connectivity index (χ1n) is 10.2. The van der Waals surface area contributed by atoms with Crippen LogP contribution in [-0.4, -0.2) is 45.1 Å². The maximum absolute atomic E-state index is 12.8. The summed E-state index contributed by atoms with van der Waals surface area (Å²) in [6.45, 7) is 5.50. The molecule has 1 atom stereocenters. The molecule has 1 N–H and O–H groups in total. The van der Waals surface area contributed by atoms with E-state index >= 15 is 0 Å². The van der Waals surface area contributed by atoms with Crippen LogP contribution in [0.4, 0.5) is 4.79 Å². The Bertz CT molecular complexity index is 1000.